The van der Waals surface area contributed by atoms with E-state index in [2.05, 4.69) is 16.6 Å². The van der Waals surface area contributed by atoms with E-state index in [4.69, 9.17) is 11.5 Å². The van der Waals surface area contributed by atoms with Gasteiger partial charge in [-0.15, -0.1) is 6.42 Å². The van der Waals surface area contributed by atoms with Crippen LogP contribution in [0.15, 0.2) is 24.3 Å². The molecule has 0 saturated heterocycles. The summed E-state index contributed by atoms with van der Waals surface area (Å²) in [5.74, 6) is 1.55. The molecule has 106 valence electrons. The Morgan fingerprint density at radius 3 is 2.70 bits per heavy atom. The highest BCUT2D eigenvalue weighted by Gasteiger charge is 2.11. The third kappa shape index (κ3) is 5.02. The third-order valence-electron chi connectivity index (χ3n) is 2.69. The van der Waals surface area contributed by atoms with E-state index in [0.717, 1.165) is 6.42 Å². The fourth-order valence-electron chi connectivity index (χ4n) is 1.76. The fraction of sp³-hybridized carbons (Fsp3) is 0.333. The molecule has 0 aromatic heterocycles. The van der Waals surface area contributed by atoms with Crippen LogP contribution in [0.5, 0.6) is 0 Å². The van der Waals surface area contributed by atoms with Crippen LogP contribution in [-0.4, -0.2) is 23.1 Å². The molecule has 3 N–H and O–H groups in total. The number of amides is 2. The van der Waals surface area contributed by atoms with Crippen molar-refractivity contribution in [2.45, 2.75) is 32.2 Å². The summed E-state index contributed by atoms with van der Waals surface area (Å²) >= 11 is 0. The number of hydrogen-bond donors (Lipinski definition) is 3. The van der Waals surface area contributed by atoms with Crippen LogP contribution in [0.4, 0.5) is 10.5 Å². The van der Waals surface area contributed by atoms with Gasteiger partial charge in [0.2, 0.25) is 0 Å². The second-order valence-corrected chi connectivity index (χ2v) is 4.33. The van der Waals surface area contributed by atoms with Crippen LogP contribution in [0.2, 0.25) is 0 Å². The van der Waals surface area contributed by atoms with Crippen LogP contribution in [-0.2, 0) is 11.2 Å². The lowest BCUT2D eigenvalue weighted by Gasteiger charge is -2.14. The van der Waals surface area contributed by atoms with Crippen molar-refractivity contribution in [2.24, 2.45) is 0 Å². The smallest absolute Gasteiger partial charge is 0.320 e. The Hall–Kier alpha value is -2.48. The quantitative estimate of drug-likeness (QED) is 0.696. The lowest BCUT2D eigenvalue weighted by molar-refractivity contribution is -0.136. The number of carboxylic acids is 1. The summed E-state index contributed by atoms with van der Waals surface area (Å²) in [4.78, 5) is 22.6. The van der Waals surface area contributed by atoms with Gasteiger partial charge < -0.3 is 15.7 Å². The van der Waals surface area contributed by atoms with Crippen LogP contribution in [0.25, 0.3) is 0 Å². The summed E-state index contributed by atoms with van der Waals surface area (Å²) in [5, 5.41) is 14.1. The first-order valence-electron chi connectivity index (χ1n) is 6.40. The number of para-hydroxylation sites is 1. The summed E-state index contributed by atoms with van der Waals surface area (Å²) in [6.07, 6.45) is 6.74. The molecule has 1 aromatic carbocycles. The number of hydrogen-bond acceptors (Lipinski definition) is 2. The average molecular weight is 274 g/mol. The number of nitrogens with one attached hydrogen (secondary N) is 2. The largest absolute Gasteiger partial charge is 0.481 e. The van der Waals surface area contributed by atoms with E-state index >= 15 is 0 Å². The molecule has 5 nitrogen and oxygen atoms in total. The maximum Gasteiger partial charge on any atom is 0.320 e. The van der Waals surface area contributed by atoms with Crippen LogP contribution >= 0.6 is 0 Å². The number of urea groups is 1. The molecule has 0 saturated carbocycles. The number of carbonyl (C=O) groups excluding carboxylic acids is 1. The number of anilines is 1. The SMILES string of the molecule is C#CC(CCC)NC(=O)Nc1ccccc1CC(=O)O. The van der Waals surface area contributed by atoms with Crippen LogP contribution in [0, 0.1) is 12.3 Å². The summed E-state index contributed by atoms with van der Waals surface area (Å²) < 4.78 is 0. The van der Waals surface area contributed by atoms with E-state index in [-0.39, 0.29) is 12.5 Å². The van der Waals surface area contributed by atoms with E-state index in [0.29, 0.717) is 17.7 Å². The molecule has 0 spiro atoms. The Bertz CT molecular complexity index is 520. The lowest BCUT2D eigenvalue weighted by Crippen LogP contribution is -2.37. The van der Waals surface area contributed by atoms with Gasteiger partial charge in [0, 0.05) is 5.69 Å². The number of benzene rings is 1. The Kier molecular flexibility index (Phi) is 6.11. The Balaban J connectivity index is 2.71. The van der Waals surface area contributed by atoms with Gasteiger partial charge in [-0.2, -0.15) is 0 Å². The van der Waals surface area contributed by atoms with Crippen molar-refractivity contribution in [2.75, 3.05) is 5.32 Å². The topological polar surface area (TPSA) is 78.4 Å². The second kappa shape index (κ2) is 7.85. The van der Waals surface area contributed by atoms with Gasteiger partial charge in [-0.25, -0.2) is 4.79 Å². The zero-order valence-corrected chi connectivity index (χ0v) is 11.3. The first-order chi connectivity index (χ1) is 9.56. The molecular weight excluding hydrogens is 256 g/mol. The van der Waals surface area contributed by atoms with Crippen molar-refractivity contribution in [3.63, 3.8) is 0 Å². The van der Waals surface area contributed by atoms with Gasteiger partial charge in [-0.05, 0) is 18.1 Å². The predicted octanol–water partition coefficient (Wildman–Crippen LogP) is 2.24. The minimum absolute atomic E-state index is 0.149. The molecule has 0 bridgehead atoms. The van der Waals surface area contributed by atoms with Gasteiger partial charge in [0.05, 0.1) is 12.5 Å². The second-order valence-electron chi connectivity index (χ2n) is 4.33. The molecule has 0 fully saturated rings. The highest BCUT2D eigenvalue weighted by Crippen LogP contribution is 2.15. The monoisotopic (exact) mass is 274 g/mol. The van der Waals surface area contributed by atoms with Gasteiger partial charge in [-0.1, -0.05) is 37.5 Å². The van der Waals surface area contributed by atoms with Gasteiger partial charge in [0.1, 0.15) is 0 Å². The van der Waals surface area contributed by atoms with Gasteiger partial charge in [0.25, 0.3) is 0 Å². The van der Waals surface area contributed by atoms with Crippen LogP contribution < -0.4 is 10.6 Å². The van der Waals surface area contributed by atoms with Gasteiger partial charge >= 0.3 is 12.0 Å². The molecule has 0 aliphatic rings. The van der Waals surface area contributed by atoms with Gasteiger partial charge in [-0.3, -0.25) is 4.79 Å². The van der Waals surface area contributed by atoms with Crippen molar-refractivity contribution in [1.29, 1.82) is 0 Å². The highest BCUT2D eigenvalue weighted by molar-refractivity contribution is 5.91. The molecule has 0 heterocycles. The fourth-order valence-corrected chi connectivity index (χ4v) is 1.76. The van der Waals surface area contributed by atoms with E-state index in [1.165, 1.54) is 0 Å². The maximum absolute atomic E-state index is 11.8. The summed E-state index contributed by atoms with van der Waals surface area (Å²) in [6, 6.07) is 6.01. The zero-order chi connectivity index (χ0) is 15.0. The minimum atomic E-state index is -0.952. The lowest BCUT2D eigenvalue weighted by atomic mass is 10.1. The summed E-state index contributed by atoms with van der Waals surface area (Å²) in [5.41, 5.74) is 1.02. The highest BCUT2D eigenvalue weighted by atomic mass is 16.4. The summed E-state index contributed by atoms with van der Waals surface area (Å²) in [7, 11) is 0. The molecule has 20 heavy (non-hydrogen) atoms. The Labute approximate surface area is 118 Å². The van der Waals surface area contributed by atoms with Crippen molar-refractivity contribution in [3.8, 4) is 12.3 Å². The van der Waals surface area contributed by atoms with E-state index < -0.39 is 12.0 Å². The third-order valence-corrected chi connectivity index (χ3v) is 2.69. The first kappa shape index (κ1) is 15.6. The van der Waals surface area contributed by atoms with E-state index in [1.54, 1.807) is 24.3 Å². The van der Waals surface area contributed by atoms with Crippen LogP contribution in [0.3, 0.4) is 0 Å². The molecule has 2 amide bonds. The minimum Gasteiger partial charge on any atom is -0.481 e. The van der Waals surface area contributed by atoms with Crippen molar-refractivity contribution >= 4 is 17.7 Å². The number of aliphatic carboxylic acids is 1. The molecule has 0 aliphatic carbocycles. The van der Waals surface area contributed by atoms with E-state index in [9.17, 15) is 9.59 Å². The first-order valence-corrected chi connectivity index (χ1v) is 6.40. The molecule has 0 aliphatic heterocycles. The molecule has 1 rings (SSSR count). The standard InChI is InChI=1S/C15H18N2O3/c1-3-7-12(4-2)16-15(20)17-13-9-6-5-8-11(13)10-14(18)19/h2,5-6,8-9,12H,3,7,10H2,1H3,(H,18,19)(H2,16,17,20). The van der Waals surface area contributed by atoms with Crippen molar-refractivity contribution < 1.29 is 14.7 Å². The molecule has 5 heteroatoms. The maximum atomic E-state index is 11.8. The molecule has 0 radical (unpaired) electrons. The molecule has 1 atom stereocenters. The van der Waals surface area contributed by atoms with Crippen LogP contribution in [0.1, 0.15) is 25.3 Å². The Morgan fingerprint density at radius 1 is 1.40 bits per heavy atom. The summed E-state index contributed by atoms with van der Waals surface area (Å²) in [6.45, 7) is 1.98. The van der Waals surface area contributed by atoms with Crippen molar-refractivity contribution in [1.82, 2.24) is 5.32 Å². The number of carbonyl (C=O) groups is 2. The van der Waals surface area contributed by atoms with E-state index in [1.807, 2.05) is 6.92 Å². The predicted molar refractivity (Wildman–Crippen MR) is 77.5 cm³/mol. The zero-order valence-electron chi connectivity index (χ0n) is 11.3. The number of rotatable bonds is 6. The Morgan fingerprint density at radius 2 is 2.10 bits per heavy atom. The van der Waals surface area contributed by atoms with Gasteiger partial charge in [0.15, 0.2) is 0 Å². The normalized spacial score (nSPS) is 11.2. The average Bonchev–Trinajstić information content (AvgIpc) is 2.40. The molecule has 1 aromatic rings. The van der Waals surface area contributed by atoms with Crippen molar-refractivity contribution in [3.05, 3.63) is 29.8 Å². The number of carboxylic acid groups (broad SMARTS) is 1. The number of terminal acetylenes is 1. The molecular formula is C15H18N2O3. The molecule has 1 unspecified atom stereocenters.